The molecule has 6 heteroatoms. The Balaban J connectivity index is 1.31. The number of quaternary nitrogens is 2. The number of likely N-dealkylation sites (tertiary alicyclic amines) is 2. The van der Waals surface area contributed by atoms with Crippen LogP contribution in [0.15, 0.2) is 0 Å². The Morgan fingerprint density at radius 2 is 1.27 bits per heavy atom. The van der Waals surface area contributed by atoms with Crippen molar-refractivity contribution < 1.29 is 28.0 Å². The van der Waals surface area contributed by atoms with Crippen LogP contribution < -0.4 is 0 Å². The average molecular weight is 573 g/mol. The van der Waals surface area contributed by atoms with Crippen molar-refractivity contribution in [3.8, 4) is 0 Å². The van der Waals surface area contributed by atoms with Crippen molar-refractivity contribution in [2.45, 2.75) is 135 Å². The standard InChI is InChI=1S/C35H60N2O4/c1-24(38)40-31-21-26-13-14-27-28(35(26,4)23-30(31)36(5)17-9-7-10-18-36)15-16-34(3)29(27)22-32(41-25(2)39)33(34)37(6)19-11-8-12-20-37/h26-33H,7-23H2,1-6H3/q+2/t26-,27+,28-,29-,30-,31-,32-,33-,34-,35-/m0/s1. The first-order chi connectivity index (χ1) is 19.4. The van der Waals surface area contributed by atoms with Gasteiger partial charge in [-0.25, -0.2) is 0 Å². The van der Waals surface area contributed by atoms with Gasteiger partial charge in [-0.1, -0.05) is 13.8 Å². The van der Waals surface area contributed by atoms with Crippen LogP contribution >= 0.6 is 0 Å². The second-order valence-electron chi connectivity index (χ2n) is 16.7. The lowest BCUT2D eigenvalue weighted by Crippen LogP contribution is -2.67. The third-order valence-electron chi connectivity index (χ3n) is 14.4. The van der Waals surface area contributed by atoms with Gasteiger partial charge in [-0.15, -0.1) is 0 Å². The van der Waals surface area contributed by atoms with Crippen molar-refractivity contribution in [3.05, 3.63) is 0 Å². The van der Waals surface area contributed by atoms with Crippen LogP contribution in [-0.2, 0) is 19.1 Å². The van der Waals surface area contributed by atoms with E-state index in [1.54, 1.807) is 13.8 Å². The van der Waals surface area contributed by atoms with Gasteiger partial charge in [0.05, 0.1) is 40.3 Å². The lowest BCUT2D eigenvalue weighted by Gasteiger charge is -2.63. The van der Waals surface area contributed by atoms with Gasteiger partial charge in [-0.3, -0.25) is 9.59 Å². The summed E-state index contributed by atoms with van der Waals surface area (Å²) in [5, 5.41) is 0. The minimum atomic E-state index is -0.0998. The molecule has 2 heterocycles. The van der Waals surface area contributed by atoms with Crippen LogP contribution in [0.4, 0.5) is 0 Å². The van der Waals surface area contributed by atoms with Crippen LogP contribution in [0.25, 0.3) is 0 Å². The van der Waals surface area contributed by atoms with Gasteiger partial charge >= 0.3 is 11.9 Å². The monoisotopic (exact) mass is 572 g/mol. The molecule has 0 radical (unpaired) electrons. The van der Waals surface area contributed by atoms with Crippen molar-refractivity contribution in [1.82, 2.24) is 0 Å². The number of hydrogen-bond acceptors (Lipinski definition) is 4. The quantitative estimate of drug-likeness (QED) is 0.301. The van der Waals surface area contributed by atoms with Crippen LogP contribution in [0.2, 0.25) is 0 Å². The molecule has 2 aliphatic heterocycles. The van der Waals surface area contributed by atoms with Crippen molar-refractivity contribution >= 4 is 11.9 Å². The van der Waals surface area contributed by atoms with Gasteiger partial charge in [-0.2, -0.15) is 0 Å². The Bertz CT molecular complexity index is 1000. The third-order valence-corrected chi connectivity index (χ3v) is 14.4. The highest BCUT2D eigenvalue weighted by atomic mass is 16.5. The third kappa shape index (κ3) is 4.99. The van der Waals surface area contributed by atoms with E-state index in [-0.39, 0.29) is 29.6 Å². The number of likely N-dealkylation sites (N-methyl/N-ethyl adjacent to an activating group) is 2. The van der Waals surface area contributed by atoms with Gasteiger partial charge in [0.25, 0.3) is 0 Å². The molecule has 2 saturated heterocycles. The molecule has 4 aliphatic carbocycles. The molecule has 0 unspecified atom stereocenters. The molecule has 10 atom stereocenters. The maximum atomic E-state index is 12.4. The summed E-state index contributed by atoms with van der Waals surface area (Å²) in [6.45, 7) is 13.4. The molecule has 0 amide bonds. The molecule has 6 nitrogen and oxygen atoms in total. The van der Waals surface area contributed by atoms with Gasteiger partial charge < -0.3 is 18.4 Å². The predicted molar refractivity (Wildman–Crippen MR) is 161 cm³/mol. The minimum absolute atomic E-state index is 0.0557. The summed E-state index contributed by atoms with van der Waals surface area (Å²) in [6.07, 6.45) is 16.4. The van der Waals surface area contributed by atoms with Crippen molar-refractivity contribution in [1.29, 1.82) is 0 Å². The fraction of sp³-hybridized carbons (Fsp3) is 0.943. The van der Waals surface area contributed by atoms with Crippen molar-refractivity contribution in [2.24, 2.45) is 34.5 Å². The van der Waals surface area contributed by atoms with E-state index < -0.39 is 0 Å². The lowest BCUT2D eigenvalue weighted by atomic mass is 9.44. The number of carbonyl (C=O) groups excluding carboxylic acids is 2. The summed E-state index contributed by atoms with van der Waals surface area (Å²) < 4.78 is 14.6. The molecule has 6 fully saturated rings. The van der Waals surface area contributed by atoms with E-state index in [0.717, 1.165) is 27.7 Å². The summed E-state index contributed by atoms with van der Waals surface area (Å²) in [6, 6.07) is 0.837. The van der Waals surface area contributed by atoms with Crippen LogP contribution in [0, 0.1) is 34.5 Å². The van der Waals surface area contributed by atoms with E-state index in [9.17, 15) is 9.59 Å². The number of hydrogen-bond donors (Lipinski definition) is 0. The number of ether oxygens (including phenoxy) is 2. The molecule has 6 rings (SSSR count). The normalized spacial score (nSPS) is 46.9. The summed E-state index contributed by atoms with van der Waals surface area (Å²) in [5.74, 6) is 2.51. The molecule has 0 bridgehead atoms. The Labute approximate surface area is 250 Å². The smallest absolute Gasteiger partial charge is 0.303 e. The number of fused-ring (bicyclic) bond motifs is 5. The lowest BCUT2D eigenvalue weighted by molar-refractivity contribution is -0.946. The van der Waals surface area contributed by atoms with E-state index in [1.165, 1.54) is 96.8 Å². The van der Waals surface area contributed by atoms with Gasteiger partial charge in [0.1, 0.15) is 12.1 Å². The summed E-state index contributed by atoms with van der Waals surface area (Å²) in [7, 11) is 4.96. The Kier molecular flexibility index (Phi) is 7.87. The van der Waals surface area contributed by atoms with Gasteiger partial charge in [0, 0.05) is 25.7 Å². The zero-order valence-electron chi connectivity index (χ0n) is 27.2. The van der Waals surface area contributed by atoms with Crippen LogP contribution in [0.5, 0.6) is 0 Å². The maximum Gasteiger partial charge on any atom is 0.303 e. The van der Waals surface area contributed by atoms with Gasteiger partial charge in [-0.05, 0) is 106 Å². The van der Waals surface area contributed by atoms with Crippen LogP contribution in [-0.4, -0.2) is 85.5 Å². The van der Waals surface area contributed by atoms with Crippen molar-refractivity contribution in [3.63, 3.8) is 0 Å². The van der Waals surface area contributed by atoms with E-state index >= 15 is 0 Å². The highest BCUT2D eigenvalue weighted by molar-refractivity contribution is 5.66. The highest BCUT2D eigenvalue weighted by Crippen LogP contribution is 2.68. The Hall–Kier alpha value is -1.14. The van der Waals surface area contributed by atoms with Crippen LogP contribution in [0.1, 0.15) is 111 Å². The van der Waals surface area contributed by atoms with Crippen LogP contribution in [0.3, 0.4) is 0 Å². The largest absolute Gasteiger partial charge is 0.456 e. The fourth-order valence-corrected chi connectivity index (χ4v) is 12.7. The van der Waals surface area contributed by atoms with Gasteiger partial charge in [0.2, 0.25) is 0 Å². The second kappa shape index (κ2) is 10.8. The maximum absolute atomic E-state index is 12.4. The minimum Gasteiger partial charge on any atom is -0.456 e. The fourth-order valence-electron chi connectivity index (χ4n) is 12.7. The molecule has 0 aromatic heterocycles. The summed E-state index contributed by atoms with van der Waals surface area (Å²) in [5.41, 5.74) is 0.527. The zero-order valence-corrected chi connectivity index (χ0v) is 27.2. The molecule has 4 saturated carbocycles. The molecule has 41 heavy (non-hydrogen) atoms. The van der Waals surface area contributed by atoms with E-state index in [2.05, 4.69) is 27.9 Å². The summed E-state index contributed by atoms with van der Waals surface area (Å²) >= 11 is 0. The first kappa shape index (κ1) is 29.9. The molecule has 232 valence electrons. The Morgan fingerprint density at radius 3 is 1.88 bits per heavy atom. The first-order valence-electron chi connectivity index (χ1n) is 17.4. The highest BCUT2D eigenvalue weighted by Gasteiger charge is 2.68. The number of nitrogens with zero attached hydrogens (tertiary/aromatic N) is 2. The number of esters is 2. The summed E-state index contributed by atoms with van der Waals surface area (Å²) in [4.78, 5) is 24.7. The SMILES string of the molecule is CC(=O)O[C@H]1C[C@@H]2CC[C@@H]3[C@H](CC[C@@]4(C)[C@H]3C[C@H](OC(C)=O)[C@@H]4[N+]3(C)CCCCC3)[C@@]2(C)C[C@@H]1[N+]1(C)CCCCC1. The van der Waals surface area contributed by atoms with E-state index in [1.807, 2.05) is 0 Å². The van der Waals surface area contributed by atoms with Gasteiger partial charge in [0.15, 0.2) is 12.2 Å². The molecule has 0 aromatic carbocycles. The van der Waals surface area contributed by atoms with E-state index in [0.29, 0.717) is 35.3 Å². The number of rotatable bonds is 4. The average Bonchev–Trinajstić information content (AvgIpc) is 3.21. The molecular weight excluding hydrogens is 512 g/mol. The van der Waals surface area contributed by atoms with Crippen molar-refractivity contribution in [2.75, 3.05) is 40.3 Å². The molecule has 0 spiro atoms. The Morgan fingerprint density at radius 1 is 0.683 bits per heavy atom. The molecule has 6 aliphatic rings. The molecular formula is C35H60N2O4+2. The number of piperidine rings is 2. The zero-order chi connectivity index (χ0) is 29.2. The molecule has 0 aromatic rings. The molecule has 0 N–H and O–H groups in total. The second-order valence-corrected chi connectivity index (χ2v) is 16.7. The topological polar surface area (TPSA) is 52.6 Å². The predicted octanol–water partition coefficient (Wildman–Crippen LogP) is 6.11. The number of carbonyl (C=O) groups is 2. The van der Waals surface area contributed by atoms with E-state index in [4.69, 9.17) is 9.47 Å². The first-order valence-corrected chi connectivity index (χ1v) is 17.4.